The minimum absolute atomic E-state index is 0.153. The predicted molar refractivity (Wildman–Crippen MR) is 69.1 cm³/mol. The number of nitriles is 1. The maximum atomic E-state index is 13.7. The molecule has 1 aromatic heterocycles. The van der Waals surface area contributed by atoms with Gasteiger partial charge >= 0.3 is 6.18 Å². The number of aliphatic hydroxyl groups excluding tert-OH is 1. The molecule has 0 saturated carbocycles. The van der Waals surface area contributed by atoms with Crippen LogP contribution in [0.15, 0.2) is 30.5 Å². The Kier molecular flexibility index (Phi) is 3.23. The van der Waals surface area contributed by atoms with Crippen molar-refractivity contribution in [1.29, 1.82) is 5.26 Å². The standard InChI is InChI=1S/C15H9F5N2O/c16-14(17)5-11-12(13(14)23)10(15(18,19)20)7-22(11)9-3-1-2-8(4-9)6-21/h1-4,7,13,23H,5H2/t13-/m0/s1. The first-order valence-corrected chi connectivity index (χ1v) is 6.53. The summed E-state index contributed by atoms with van der Waals surface area (Å²) in [6.45, 7) is 0. The average Bonchev–Trinajstić information content (AvgIpc) is 2.94. The van der Waals surface area contributed by atoms with E-state index in [0.29, 0.717) is 6.20 Å². The molecule has 23 heavy (non-hydrogen) atoms. The van der Waals surface area contributed by atoms with E-state index in [4.69, 9.17) is 5.26 Å². The van der Waals surface area contributed by atoms with Crippen LogP contribution in [0, 0.1) is 11.3 Å². The van der Waals surface area contributed by atoms with Gasteiger partial charge < -0.3 is 9.67 Å². The molecule has 3 nitrogen and oxygen atoms in total. The first kappa shape index (κ1) is 15.5. The van der Waals surface area contributed by atoms with Gasteiger partial charge in [0.1, 0.15) is 6.10 Å². The molecule has 1 aromatic carbocycles. The normalized spacial score (nSPS) is 19.4. The molecule has 0 fully saturated rings. The van der Waals surface area contributed by atoms with E-state index in [0.717, 1.165) is 4.57 Å². The van der Waals surface area contributed by atoms with Crippen LogP contribution in [0.3, 0.4) is 0 Å². The molecule has 1 atom stereocenters. The molecule has 1 aliphatic carbocycles. The Balaban J connectivity index is 2.25. The highest BCUT2D eigenvalue weighted by atomic mass is 19.4. The summed E-state index contributed by atoms with van der Waals surface area (Å²) in [4.78, 5) is 0. The molecule has 0 unspecified atom stereocenters. The molecule has 0 spiro atoms. The molecule has 1 heterocycles. The van der Waals surface area contributed by atoms with Gasteiger partial charge in [0.2, 0.25) is 0 Å². The summed E-state index contributed by atoms with van der Waals surface area (Å²) in [7, 11) is 0. The van der Waals surface area contributed by atoms with Gasteiger partial charge in [-0.2, -0.15) is 18.4 Å². The number of aromatic nitrogens is 1. The van der Waals surface area contributed by atoms with Crippen molar-refractivity contribution in [2.45, 2.75) is 24.6 Å². The van der Waals surface area contributed by atoms with Gasteiger partial charge in [0, 0.05) is 23.1 Å². The van der Waals surface area contributed by atoms with Crippen molar-refractivity contribution in [2.24, 2.45) is 0 Å². The summed E-state index contributed by atoms with van der Waals surface area (Å²) in [6.07, 6.45) is -7.70. The minimum Gasteiger partial charge on any atom is -0.382 e. The second-order valence-electron chi connectivity index (χ2n) is 5.27. The predicted octanol–water partition coefficient (Wildman–Crippen LogP) is 3.59. The molecule has 0 amide bonds. The van der Waals surface area contributed by atoms with Crippen LogP contribution in [-0.4, -0.2) is 15.6 Å². The molecular formula is C15H9F5N2O. The number of rotatable bonds is 1. The highest BCUT2D eigenvalue weighted by molar-refractivity contribution is 5.50. The summed E-state index contributed by atoms with van der Waals surface area (Å²) in [5.74, 6) is -3.67. The number of hydrogen-bond acceptors (Lipinski definition) is 2. The van der Waals surface area contributed by atoms with Gasteiger partial charge in [0.15, 0.2) is 0 Å². The van der Waals surface area contributed by atoms with E-state index in [-0.39, 0.29) is 16.9 Å². The third kappa shape index (κ3) is 2.37. The second-order valence-corrected chi connectivity index (χ2v) is 5.27. The van der Waals surface area contributed by atoms with Gasteiger partial charge in [0.25, 0.3) is 5.92 Å². The maximum absolute atomic E-state index is 13.7. The number of alkyl halides is 5. The number of hydrogen-bond donors (Lipinski definition) is 1. The molecule has 8 heteroatoms. The number of benzene rings is 1. The largest absolute Gasteiger partial charge is 0.418 e. The zero-order valence-corrected chi connectivity index (χ0v) is 11.4. The van der Waals surface area contributed by atoms with Crippen LogP contribution in [0.4, 0.5) is 22.0 Å². The lowest BCUT2D eigenvalue weighted by Gasteiger charge is -2.16. The van der Waals surface area contributed by atoms with E-state index < -0.39 is 35.8 Å². The third-order valence-electron chi connectivity index (χ3n) is 3.79. The molecule has 0 radical (unpaired) electrons. The lowest BCUT2D eigenvalue weighted by atomic mass is 10.1. The fourth-order valence-electron chi connectivity index (χ4n) is 2.76. The molecule has 0 aliphatic heterocycles. The highest BCUT2D eigenvalue weighted by Crippen LogP contribution is 2.49. The number of fused-ring (bicyclic) bond motifs is 1. The average molecular weight is 328 g/mol. The van der Waals surface area contributed by atoms with Crippen molar-refractivity contribution in [1.82, 2.24) is 4.57 Å². The van der Waals surface area contributed by atoms with Crippen molar-refractivity contribution in [2.75, 3.05) is 0 Å². The maximum Gasteiger partial charge on any atom is 0.418 e. The van der Waals surface area contributed by atoms with Gasteiger partial charge in [-0.1, -0.05) is 6.07 Å². The SMILES string of the molecule is N#Cc1cccc(-n2cc(C(F)(F)F)c3c2CC(F)(F)[C@H]3O)c1. The molecule has 0 bridgehead atoms. The number of aliphatic hydroxyl groups is 1. The number of nitrogens with zero attached hydrogens (tertiary/aromatic N) is 2. The molecule has 3 rings (SSSR count). The second kappa shape index (κ2) is 4.80. The Morgan fingerprint density at radius 3 is 2.61 bits per heavy atom. The monoisotopic (exact) mass is 328 g/mol. The van der Waals surface area contributed by atoms with Crippen LogP contribution in [0.5, 0.6) is 0 Å². The first-order valence-electron chi connectivity index (χ1n) is 6.53. The lowest BCUT2D eigenvalue weighted by Crippen LogP contribution is -2.23. The van der Waals surface area contributed by atoms with Gasteiger partial charge in [-0.25, -0.2) is 8.78 Å². The van der Waals surface area contributed by atoms with Crippen molar-refractivity contribution >= 4 is 0 Å². The molecular weight excluding hydrogens is 319 g/mol. The van der Waals surface area contributed by atoms with Crippen LogP contribution in [0.2, 0.25) is 0 Å². The smallest absolute Gasteiger partial charge is 0.382 e. The summed E-state index contributed by atoms with van der Waals surface area (Å²) in [5, 5.41) is 18.5. The molecule has 1 aliphatic rings. The summed E-state index contributed by atoms with van der Waals surface area (Å²) in [5.41, 5.74) is -2.06. The van der Waals surface area contributed by atoms with Crippen LogP contribution in [-0.2, 0) is 12.6 Å². The highest BCUT2D eigenvalue weighted by Gasteiger charge is 2.53. The fourth-order valence-corrected chi connectivity index (χ4v) is 2.76. The Hall–Kier alpha value is -2.40. The van der Waals surface area contributed by atoms with Gasteiger partial charge in [-0.15, -0.1) is 0 Å². The van der Waals surface area contributed by atoms with E-state index >= 15 is 0 Å². The summed E-state index contributed by atoms with van der Waals surface area (Å²) >= 11 is 0. The summed E-state index contributed by atoms with van der Waals surface area (Å²) in [6, 6.07) is 7.42. The first-order chi connectivity index (χ1) is 10.6. The van der Waals surface area contributed by atoms with Crippen molar-refractivity contribution in [3.05, 3.63) is 52.8 Å². The van der Waals surface area contributed by atoms with E-state index in [1.54, 1.807) is 0 Å². The van der Waals surface area contributed by atoms with Crippen LogP contribution >= 0.6 is 0 Å². The van der Waals surface area contributed by atoms with Gasteiger partial charge in [-0.05, 0) is 18.2 Å². The van der Waals surface area contributed by atoms with Gasteiger partial charge in [-0.3, -0.25) is 0 Å². The third-order valence-corrected chi connectivity index (χ3v) is 3.79. The van der Waals surface area contributed by atoms with E-state index in [1.165, 1.54) is 24.3 Å². The topological polar surface area (TPSA) is 49.0 Å². The van der Waals surface area contributed by atoms with Crippen molar-refractivity contribution < 1.29 is 27.1 Å². The molecule has 120 valence electrons. The Bertz CT molecular complexity index is 816. The van der Waals surface area contributed by atoms with Crippen molar-refractivity contribution in [3.63, 3.8) is 0 Å². The van der Waals surface area contributed by atoms with Gasteiger partial charge in [0.05, 0.1) is 23.6 Å². The summed E-state index contributed by atoms with van der Waals surface area (Å²) < 4.78 is 67.7. The molecule has 1 N–H and O–H groups in total. The number of halogens is 5. The Labute approximate surface area is 127 Å². The zero-order chi connectivity index (χ0) is 17.0. The van der Waals surface area contributed by atoms with Crippen LogP contribution in [0.25, 0.3) is 5.69 Å². The van der Waals surface area contributed by atoms with Crippen molar-refractivity contribution in [3.8, 4) is 11.8 Å². The van der Waals surface area contributed by atoms with E-state index in [1.807, 2.05) is 6.07 Å². The minimum atomic E-state index is -4.87. The Morgan fingerprint density at radius 2 is 2.00 bits per heavy atom. The van der Waals surface area contributed by atoms with E-state index in [2.05, 4.69) is 0 Å². The quantitative estimate of drug-likeness (QED) is 0.813. The van der Waals surface area contributed by atoms with E-state index in [9.17, 15) is 27.1 Å². The molecule has 2 aromatic rings. The fraction of sp³-hybridized carbons (Fsp3) is 0.267. The zero-order valence-electron chi connectivity index (χ0n) is 11.4. The lowest BCUT2D eigenvalue weighted by molar-refractivity contribution is -0.142. The van der Waals surface area contributed by atoms with Crippen LogP contribution < -0.4 is 0 Å². The molecule has 0 saturated heterocycles. The Morgan fingerprint density at radius 1 is 1.30 bits per heavy atom. The van der Waals surface area contributed by atoms with Crippen LogP contribution in [0.1, 0.15) is 28.5 Å².